The molecule has 0 aliphatic carbocycles. The molecule has 0 saturated carbocycles. The van der Waals surface area contributed by atoms with Crippen molar-refractivity contribution in [2.75, 3.05) is 51.9 Å². The van der Waals surface area contributed by atoms with Crippen molar-refractivity contribution in [3.63, 3.8) is 0 Å². The van der Waals surface area contributed by atoms with Crippen molar-refractivity contribution in [3.05, 3.63) is 59.3 Å². The summed E-state index contributed by atoms with van der Waals surface area (Å²) in [7, 11) is 1.58. The minimum Gasteiger partial charge on any atom is -0.496 e. The van der Waals surface area contributed by atoms with Crippen LogP contribution in [0.3, 0.4) is 0 Å². The Morgan fingerprint density at radius 3 is 2.72 bits per heavy atom. The summed E-state index contributed by atoms with van der Waals surface area (Å²) < 4.78 is 47.0. The minimum absolute atomic E-state index is 0.183. The van der Waals surface area contributed by atoms with E-state index in [0.29, 0.717) is 38.2 Å². The lowest BCUT2D eigenvalue weighted by molar-refractivity contribution is -0.0865. The van der Waals surface area contributed by atoms with Crippen LogP contribution in [0.15, 0.2) is 42.5 Å². The lowest BCUT2D eigenvalue weighted by Gasteiger charge is -2.42. The van der Waals surface area contributed by atoms with Crippen LogP contribution in [-0.2, 0) is 6.42 Å². The number of H-pyrrole nitrogens is 1. The fourth-order valence-corrected chi connectivity index (χ4v) is 5.06. The molecule has 3 aromatic rings. The van der Waals surface area contributed by atoms with Crippen LogP contribution in [-0.4, -0.2) is 73.5 Å². The molecule has 2 atom stereocenters. The van der Waals surface area contributed by atoms with Gasteiger partial charge in [-0.2, -0.15) is 0 Å². The first-order valence-corrected chi connectivity index (χ1v) is 12.4. The summed E-state index contributed by atoms with van der Waals surface area (Å²) in [4.78, 5) is 5.25. The van der Waals surface area contributed by atoms with Gasteiger partial charge in [-0.05, 0) is 44.0 Å². The van der Waals surface area contributed by atoms with Gasteiger partial charge in [-0.25, -0.2) is 8.78 Å². The van der Waals surface area contributed by atoms with E-state index in [0.717, 1.165) is 33.4 Å². The van der Waals surface area contributed by atoms with Crippen molar-refractivity contribution in [2.24, 2.45) is 0 Å². The first kappa shape index (κ1) is 26.3. The number of nitrogens with zero attached hydrogens (tertiary/aromatic N) is 1. The smallest absolute Gasteiger partial charge is 0.283 e. The van der Waals surface area contributed by atoms with Crippen molar-refractivity contribution >= 4 is 16.6 Å². The molecule has 2 aromatic carbocycles. The molecule has 9 heteroatoms. The van der Waals surface area contributed by atoms with E-state index in [1.54, 1.807) is 12.0 Å². The van der Waals surface area contributed by atoms with Crippen LogP contribution < -0.4 is 15.4 Å². The summed E-state index contributed by atoms with van der Waals surface area (Å²) in [5, 5.41) is 16.9. The Kier molecular flexibility index (Phi) is 8.43. The molecule has 0 bridgehead atoms. The zero-order valence-corrected chi connectivity index (χ0v) is 20.8. The van der Waals surface area contributed by atoms with Crippen molar-refractivity contribution in [1.82, 2.24) is 15.2 Å². The molecular weight excluding hydrogens is 469 g/mol. The molecule has 2 heterocycles. The molecule has 4 N–H and O–H groups in total. The molecule has 0 unspecified atom stereocenters. The fourth-order valence-electron chi connectivity index (χ4n) is 5.06. The normalized spacial score (nSPS) is 18.4. The minimum atomic E-state index is -3.24. The summed E-state index contributed by atoms with van der Waals surface area (Å²) in [6.07, 6.45) is 1.11. The number of para-hydroxylation sites is 1. The van der Waals surface area contributed by atoms with E-state index in [1.807, 2.05) is 43.3 Å². The van der Waals surface area contributed by atoms with Gasteiger partial charge in [0.05, 0.1) is 26.4 Å². The number of alkyl halides is 3. The van der Waals surface area contributed by atoms with Gasteiger partial charge in [0.15, 0.2) is 0 Å². The number of anilines is 1. The van der Waals surface area contributed by atoms with Crippen LogP contribution in [0.2, 0.25) is 0 Å². The topological polar surface area (TPSA) is 72.5 Å². The molecule has 0 radical (unpaired) electrons. The number of aromatic nitrogens is 1. The highest BCUT2D eigenvalue weighted by Gasteiger charge is 2.42. The standard InChI is InChI=1S/C27H35F3N4O2/c1-18-14-22-20-6-3-4-7-23(20)33-25(22)26(34(18)16-27(29,30)17-35)21-9-8-19(15-24(21)36-2)32-13-12-31-11-5-10-28/h3-4,6-9,15,18,26,31-33,35H,5,10-14,16-17H2,1-2H3/t18-,26-/m1/s1. The van der Waals surface area contributed by atoms with E-state index in [2.05, 4.69) is 21.7 Å². The lowest BCUT2D eigenvalue weighted by Crippen LogP contribution is -2.49. The number of aromatic amines is 1. The maximum Gasteiger partial charge on any atom is 0.283 e. The Morgan fingerprint density at radius 1 is 1.17 bits per heavy atom. The second-order valence-corrected chi connectivity index (χ2v) is 9.38. The van der Waals surface area contributed by atoms with Crippen molar-refractivity contribution in [3.8, 4) is 5.75 Å². The van der Waals surface area contributed by atoms with Gasteiger partial charge in [-0.15, -0.1) is 0 Å². The Labute approximate surface area is 209 Å². The molecule has 4 rings (SSSR count). The van der Waals surface area contributed by atoms with Gasteiger partial charge in [-0.3, -0.25) is 9.29 Å². The number of hydrogen-bond donors (Lipinski definition) is 4. The predicted octanol–water partition coefficient (Wildman–Crippen LogP) is 4.50. The Morgan fingerprint density at radius 2 is 1.97 bits per heavy atom. The molecule has 1 aliphatic heterocycles. The van der Waals surface area contributed by atoms with E-state index < -0.39 is 25.1 Å². The van der Waals surface area contributed by atoms with Gasteiger partial charge in [0.2, 0.25) is 0 Å². The molecule has 0 fully saturated rings. The van der Waals surface area contributed by atoms with Crippen LogP contribution in [0.25, 0.3) is 10.9 Å². The molecule has 0 amide bonds. The van der Waals surface area contributed by atoms with E-state index in [9.17, 15) is 18.3 Å². The largest absolute Gasteiger partial charge is 0.496 e. The molecule has 0 saturated heterocycles. The number of rotatable bonds is 12. The third kappa shape index (κ3) is 5.63. The summed E-state index contributed by atoms with van der Waals surface area (Å²) in [5.74, 6) is -2.65. The van der Waals surface area contributed by atoms with E-state index in [4.69, 9.17) is 4.74 Å². The van der Waals surface area contributed by atoms with E-state index in [1.165, 1.54) is 0 Å². The maximum atomic E-state index is 14.5. The number of aliphatic hydroxyl groups excluding tert-OH is 1. The average Bonchev–Trinajstić information content (AvgIpc) is 3.24. The van der Waals surface area contributed by atoms with Crippen LogP contribution in [0, 0.1) is 0 Å². The number of benzene rings is 2. The molecule has 6 nitrogen and oxygen atoms in total. The third-order valence-corrected chi connectivity index (χ3v) is 6.81. The van der Waals surface area contributed by atoms with Crippen LogP contribution in [0.4, 0.5) is 18.9 Å². The van der Waals surface area contributed by atoms with Crippen LogP contribution in [0.1, 0.15) is 36.2 Å². The average molecular weight is 505 g/mol. The fraction of sp³-hybridized carbons (Fsp3) is 0.481. The third-order valence-electron chi connectivity index (χ3n) is 6.81. The number of aliphatic hydroxyl groups is 1. The number of halogens is 3. The second kappa shape index (κ2) is 11.5. The number of ether oxygens (including phenoxy) is 1. The Balaban J connectivity index is 1.69. The van der Waals surface area contributed by atoms with Crippen molar-refractivity contribution < 1.29 is 23.0 Å². The molecule has 0 spiro atoms. The van der Waals surface area contributed by atoms with Crippen LogP contribution >= 0.6 is 0 Å². The monoisotopic (exact) mass is 504 g/mol. The molecule has 1 aromatic heterocycles. The summed E-state index contributed by atoms with van der Waals surface area (Å²) in [6.45, 7) is 1.80. The molecule has 1 aliphatic rings. The quantitative estimate of drug-likeness (QED) is 0.274. The molecular formula is C27H35F3N4O2. The summed E-state index contributed by atoms with van der Waals surface area (Å²) in [6, 6.07) is 13.0. The first-order valence-electron chi connectivity index (χ1n) is 12.4. The SMILES string of the molecule is COc1cc(NCCNCCCF)ccc1[C@@H]1c2[nH]c3ccccc3c2C[C@@H](C)N1CC(F)(F)CO. The zero-order valence-electron chi connectivity index (χ0n) is 20.8. The van der Waals surface area contributed by atoms with Gasteiger partial charge in [0, 0.05) is 53.0 Å². The maximum absolute atomic E-state index is 14.5. The van der Waals surface area contributed by atoms with E-state index in [-0.39, 0.29) is 12.7 Å². The lowest BCUT2D eigenvalue weighted by atomic mass is 9.87. The second-order valence-electron chi connectivity index (χ2n) is 9.38. The predicted molar refractivity (Wildman–Crippen MR) is 137 cm³/mol. The first-order chi connectivity index (χ1) is 17.4. The number of methoxy groups -OCH3 is 1. The van der Waals surface area contributed by atoms with Gasteiger partial charge in [-0.1, -0.05) is 24.3 Å². The summed E-state index contributed by atoms with van der Waals surface area (Å²) in [5.41, 5.74) is 4.58. The highest BCUT2D eigenvalue weighted by atomic mass is 19.3. The van der Waals surface area contributed by atoms with Gasteiger partial charge < -0.3 is 25.5 Å². The zero-order chi connectivity index (χ0) is 25.7. The Hall–Kier alpha value is -2.75. The van der Waals surface area contributed by atoms with Gasteiger partial charge in [0.1, 0.15) is 12.4 Å². The van der Waals surface area contributed by atoms with Crippen LogP contribution in [0.5, 0.6) is 5.75 Å². The molecule has 36 heavy (non-hydrogen) atoms. The number of fused-ring (bicyclic) bond motifs is 3. The molecule has 196 valence electrons. The number of nitrogens with one attached hydrogen (secondary N) is 3. The van der Waals surface area contributed by atoms with Crippen molar-refractivity contribution in [2.45, 2.75) is 37.8 Å². The highest BCUT2D eigenvalue weighted by molar-refractivity contribution is 5.85. The Bertz CT molecular complexity index is 1150. The highest BCUT2D eigenvalue weighted by Crippen LogP contribution is 2.44. The van der Waals surface area contributed by atoms with Crippen molar-refractivity contribution in [1.29, 1.82) is 0 Å². The van der Waals surface area contributed by atoms with Gasteiger partial charge in [0.25, 0.3) is 5.92 Å². The van der Waals surface area contributed by atoms with E-state index >= 15 is 0 Å². The number of hydrogen-bond acceptors (Lipinski definition) is 5. The van der Waals surface area contributed by atoms with Gasteiger partial charge >= 0.3 is 0 Å². The summed E-state index contributed by atoms with van der Waals surface area (Å²) >= 11 is 0.